The lowest BCUT2D eigenvalue weighted by Crippen LogP contribution is -2.42. The van der Waals surface area contributed by atoms with Crippen molar-refractivity contribution in [1.82, 2.24) is 9.13 Å². The zero-order valence-electron chi connectivity index (χ0n) is 10.2. The van der Waals surface area contributed by atoms with Crippen LogP contribution in [-0.4, -0.2) is 15.0 Å². The Morgan fingerprint density at radius 3 is 2.47 bits per heavy atom. The molecule has 0 amide bonds. The van der Waals surface area contributed by atoms with Crippen LogP contribution >= 0.6 is 0 Å². The summed E-state index contributed by atoms with van der Waals surface area (Å²) >= 11 is 0. The van der Waals surface area contributed by atoms with Gasteiger partial charge in [-0.25, -0.2) is 4.79 Å². The van der Waals surface area contributed by atoms with Crippen molar-refractivity contribution in [1.29, 1.82) is 0 Å². The number of carbonyl (C=O) groups is 1. The third-order valence-corrected chi connectivity index (χ3v) is 2.60. The van der Waals surface area contributed by atoms with Gasteiger partial charge in [0.1, 0.15) is 0 Å². The minimum Gasteiger partial charge on any atom is -0.296 e. The molecule has 0 unspecified atom stereocenters. The number of aromatic nitrogens is 2. The second-order valence-electron chi connectivity index (χ2n) is 3.88. The summed E-state index contributed by atoms with van der Waals surface area (Å²) < 4.78 is 1.87. The molecule has 19 heavy (non-hydrogen) atoms. The van der Waals surface area contributed by atoms with E-state index in [9.17, 15) is 14.4 Å². The van der Waals surface area contributed by atoms with Crippen molar-refractivity contribution in [2.75, 3.05) is 0 Å². The van der Waals surface area contributed by atoms with E-state index in [1.807, 2.05) is 0 Å². The fourth-order valence-corrected chi connectivity index (χ4v) is 1.69. The molecule has 96 valence electrons. The molecule has 0 aliphatic carbocycles. The molecular weight excluding hydrogens is 244 g/mol. The van der Waals surface area contributed by atoms with E-state index in [-0.39, 0.29) is 12.1 Å². The first-order valence-corrected chi connectivity index (χ1v) is 5.68. The summed E-state index contributed by atoms with van der Waals surface area (Å²) in [5.74, 6) is -0.631. The molecule has 1 heterocycles. The van der Waals surface area contributed by atoms with Crippen molar-refractivity contribution in [2.45, 2.75) is 6.54 Å². The Balaban J connectivity index is 2.60. The van der Waals surface area contributed by atoms with E-state index >= 15 is 0 Å². The molecule has 0 atom stereocenters. The predicted molar refractivity (Wildman–Crippen MR) is 71.3 cm³/mol. The molecular formula is C14H12N2O3. The largest absolute Gasteiger partial charge is 0.338 e. The first-order chi connectivity index (χ1) is 9.15. The summed E-state index contributed by atoms with van der Waals surface area (Å²) in [5, 5.41) is 0. The molecule has 0 saturated carbocycles. The van der Waals surface area contributed by atoms with E-state index in [2.05, 4.69) is 6.58 Å². The summed E-state index contributed by atoms with van der Waals surface area (Å²) in [4.78, 5) is 35.9. The number of nitrogens with zero attached hydrogens (tertiary/aromatic N) is 2. The van der Waals surface area contributed by atoms with Crippen LogP contribution in [-0.2, 0) is 6.54 Å². The Bertz CT molecular complexity index is 726. The molecule has 1 aromatic heterocycles. The molecule has 2 rings (SSSR count). The second kappa shape index (κ2) is 5.30. The third kappa shape index (κ3) is 2.44. The molecule has 0 bridgehead atoms. The van der Waals surface area contributed by atoms with Gasteiger partial charge in [-0.2, -0.15) is 4.57 Å². The summed E-state index contributed by atoms with van der Waals surface area (Å²) in [6.45, 7) is 3.76. The number of carbonyl (C=O) groups excluding carboxylic acids is 1. The van der Waals surface area contributed by atoms with Gasteiger partial charge in [0.25, 0.3) is 11.5 Å². The Kier molecular flexibility index (Phi) is 3.56. The highest BCUT2D eigenvalue weighted by atomic mass is 16.2. The highest BCUT2D eigenvalue weighted by Crippen LogP contribution is 1.99. The van der Waals surface area contributed by atoms with Crippen LogP contribution in [0.25, 0.3) is 0 Å². The molecule has 0 aliphatic heterocycles. The zero-order chi connectivity index (χ0) is 13.8. The van der Waals surface area contributed by atoms with Crippen LogP contribution in [0.5, 0.6) is 0 Å². The molecule has 0 radical (unpaired) electrons. The van der Waals surface area contributed by atoms with Crippen LogP contribution in [0.15, 0.2) is 64.8 Å². The SMILES string of the molecule is C=CCn1ccc(=O)n(C(=O)c2ccccc2)c1=O. The Hall–Kier alpha value is -2.69. The standard InChI is InChI=1S/C14H12N2O3/c1-2-9-15-10-8-12(17)16(14(15)19)13(18)11-6-4-3-5-7-11/h2-8,10H,1,9H2. The number of hydrogen-bond donors (Lipinski definition) is 0. The van der Waals surface area contributed by atoms with Gasteiger partial charge >= 0.3 is 5.69 Å². The van der Waals surface area contributed by atoms with Crippen LogP contribution in [0.1, 0.15) is 10.4 Å². The van der Waals surface area contributed by atoms with Crippen molar-refractivity contribution in [3.8, 4) is 0 Å². The van der Waals surface area contributed by atoms with Gasteiger partial charge in [0.05, 0.1) is 0 Å². The quantitative estimate of drug-likeness (QED) is 0.766. The number of benzene rings is 1. The van der Waals surface area contributed by atoms with E-state index < -0.39 is 17.2 Å². The number of rotatable bonds is 3. The van der Waals surface area contributed by atoms with Gasteiger partial charge in [0, 0.05) is 24.4 Å². The third-order valence-electron chi connectivity index (χ3n) is 2.60. The normalized spacial score (nSPS) is 10.1. The molecule has 0 aliphatic rings. The maximum absolute atomic E-state index is 12.2. The van der Waals surface area contributed by atoms with Gasteiger partial charge in [-0.05, 0) is 12.1 Å². The van der Waals surface area contributed by atoms with Gasteiger partial charge < -0.3 is 0 Å². The number of allylic oxidation sites excluding steroid dienone is 1. The fraction of sp³-hybridized carbons (Fsp3) is 0.0714. The Morgan fingerprint density at radius 2 is 1.84 bits per heavy atom. The summed E-state index contributed by atoms with van der Waals surface area (Å²) in [7, 11) is 0. The zero-order valence-corrected chi connectivity index (χ0v) is 10.2. The minimum absolute atomic E-state index is 0.237. The lowest BCUT2D eigenvalue weighted by atomic mass is 10.2. The second-order valence-corrected chi connectivity index (χ2v) is 3.88. The topological polar surface area (TPSA) is 61.1 Å². The molecule has 0 saturated heterocycles. The molecule has 5 heteroatoms. The predicted octanol–water partition coefficient (Wildman–Crippen LogP) is 0.884. The highest BCUT2D eigenvalue weighted by Gasteiger charge is 2.14. The molecule has 5 nitrogen and oxygen atoms in total. The first-order valence-electron chi connectivity index (χ1n) is 5.68. The van der Waals surface area contributed by atoms with Gasteiger partial charge in [-0.15, -0.1) is 6.58 Å². The average Bonchev–Trinajstić information content (AvgIpc) is 2.43. The van der Waals surface area contributed by atoms with Gasteiger partial charge in [-0.1, -0.05) is 24.3 Å². The molecule has 0 N–H and O–H groups in total. The fourth-order valence-electron chi connectivity index (χ4n) is 1.69. The molecule has 0 spiro atoms. The summed E-state index contributed by atoms with van der Waals surface area (Å²) in [5.41, 5.74) is -1.02. The highest BCUT2D eigenvalue weighted by molar-refractivity contribution is 5.95. The smallest absolute Gasteiger partial charge is 0.296 e. The maximum atomic E-state index is 12.2. The average molecular weight is 256 g/mol. The Morgan fingerprint density at radius 1 is 1.16 bits per heavy atom. The van der Waals surface area contributed by atoms with Crippen LogP contribution in [0.4, 0.5) is 0 Å². The van der Waals surface area contributed by atoms with Crippen molar-refractivity contribution in [2.24, 2.45) is 0 Å². The van der Waals surface area contributed by atoms with E-state index in [4.69, 9.17) is 0 Å². The van der Waals surface area contributed by atoms with E-state index in [1.54, 1.807) is 30.3 Å². The van der Waals surface area contributed by atoms with Crippen LogP contribution in [0.3, 0.4) is 0 Å². The van der Waals surface area contributed by atoms with E-state index in [0.29, 0.717) is 4.57 Å². The summed E-state index contributed by atoms with van der Waals surface area (Å²) in [6, 6.07) is 9.39. The summed E-state index contributed by atoms with van der Waals surface area (Å²) in [6.07, 6.45) is 2.87. The van der Waals surface area contributed by atoms with Crippen molar-refractivity contribution >= 4 is 5.91 Å². The monoisotopic (exact) mass is 256 g/mol. The van der Waals surface area contributed by atoms with Crippen molar-refractivity contribution in [3.05, 3.63) is 81.7 Å². The van der Waals surface area contributed by atoms with Crippen molar-refractivity contribution < 1.29 is 4.79 Å². The van der Waals surface area contributed by atoms with E-state index in [1.165, 1.54) is 22.9 Å². The van der Waals surface area contributed by atoms with Crippen LogP contribution in [0, 0.1) is 0 Å². The minimum atomic E-state index is -0.666. The van der Waals surface area contributed by atoms with Crippen LogP contribution < -0.4 is 11.2 Å². The molecule has 1 aromatic carbocycles. The van der Waals surface area contributed by atoms with Gasteiger partial charge in [0.15, 0.2) is 0 Å². The lowest BCUT2D eigenvalue weighted by Gasteiger charge is -2.06. The van der Waals surface area contributed by atoms with E-state index in [0.717, 1.165) is 0 Å². The Labute approximate surface area is 109 Å². The maximum Gasteiger partial charge on any atom is 0.338 e. The van der Waals surface area contributed by atoms with Crippen molar-refractivity contribution in [3.63, 3.8) is 0 Å². The molecule has 0 fully saturated rings. The van der Waals surface area contributed by atoms with Crippen LogP contribution in [0.2, 0.25) is 0 Å². The van der Waals surface area contributed by atoms with Gasteiger partial charge in [-0.3, -0.25) is 14.2 Å². The van der Waals surface area contributed by atoms with Gasteiger partial charge in [0.2, 0.25) is 0 Å². The number of hydrogen-bond acceptors (Lipinski definition) is 3. The molecule has 2 aromatic rings. The lowest BCUT2D eigenvalue weighted by molar-refractivity contribution is 0.0948. The first kappa shape index (κ1) is 12.8.